The maximum atomic E-state index is 3.83. The van der Waals surface area contributed by atoms with Crippen molar-refractivity contribution < 1.29 is 0 Å². The van der Waals surface area contributed by atoms with E-state index < -0.39 is 0 Å². The third kappa shape index (κ3) is 3.03. The van der Waals surface area contributed by atoms with Crippen LogP contribution in [0.5, 0.6) is 0 Å². The lowest BCUT2D eigenvalue weighted by Gasteiger charge is -2.21. The molecular weight excluding hydrogens is 116 g/mol. The van der Waals surface area contributed by atoms with Crippen molar-refractivity contribution in [1.82, 2.24) is 10.1 Å². The first-order valence-electron chi connectivity index (χ1n) is 2.96. The van der Waals surface area contributed by atoms with E-state index in [0.717, 1.165) is 6.54 Å². The minimum Gasteiger partial charge on any atom is -0.210 e. The minimum atomic E-state index is 0.852. The molecule has 4 nitrogen and oxygen atoms in total. The lowest BCUT2D eigenvalue weighted by Crippen LogP contribution is -2.31. The van der Waals surface area contributed by atoms with Crippen LogP contribution in [-0.4, -0.2) is 37.8 Å². The summed E-state index contributed by atoms with van der Waals surface area (Å²) >= 11 is 0. The molecule has 0 spiro atoms. The first-order valence-corrected chi connectivity index (χ1v) is 2.96. The SMILES string of the molecule is CCN(/N=N\C)N(C)C. The van der Waals surface area contributed by atoms with Gasteiger partial charge in [0.05, 0.1) is 13.6 Å². The van der Waals surface area contributed by atoms with Gasteiger partial charge < -0.3 is 0 Å². The van der Waals surface area contributed by atoms with Crippen LogP contribution in [0.3, 0.4) is 0 Å². The largest absolute Gasteiger partial charge is 0.210 e. The molecule has 0 N–H and O–H groups in total. The summed E-state index contributed by atoms with van der Waals surface area (Å²) in [6.45, 7) is 2.87. The number of hydrogen-bond donors (Lipinski definition) is 0. The molecule has 54 valence electrons. The van der Waals surface area contributed by atoms with Gasteiger partial charge in [-0.1, -0.05) is 5.22 Å². The number of nitrogens with zero attached hydrogens (tertiary/aromatic N) is 4. The molecule has 9 heavy (non-hydrogen) atoms. The maximum Gasteiger partial charge on any atom is 0.0524 e. The van der Waals surface area contributed by atoms with E-state index in [1.54, 1.807) is 12.2 Å². The van der Waals surface area contributed by atoms with Crippen LogP contribution in [0.4, 0.5) is 0 Å². The smallest absolute Gasteiger partial charge is 0.0524 e. The monoisotopic (exact) mass is 130 g/mol. The van der Waals surface area contributed by atoms with Crippen LogP contribution in [0.1, 0.15) is 6.92 Å². The minimum absolute atomic E-state index is 0.852. The summed E-state index contributed by atoms with van der Waals surface area (Å²) in [5.41, 5.74) is 0. The Hall–Kier alpha value is -0.640. The van der Waals surface area contributed by atoms with E-state index in [9.17, 15) is 0 Å². The first kappa shape index (κ1) is 8.36. The van der Waals surface area contributed by atoms with Gasteiger partial charge in [-0.3, -0.25) is 0 Å². The Bertz CT molecular complexity index is 89.0. The summed E-state index contributed by atoms with van der Waals surface area (Å²) in [6, 6.07) is 0. The predicted molar refractivity (Wildman–Crippen MR) is 36.8 cm³/mol. The van der Waals surface area contributed by atoms with Crippen LogP contribution in [0, 0.1) is 0 Å². The Balaban J connectivity index is 3.68. The molecule has 4 heteroatoms. The molecule has 0 aromatic rings. The molecule has 0 heterocycles. The molecule has 0 aliphatic carbocycles. The van der Waals surface area contributed by atoms with E-state index in [1.165, 1.54) is 0 Å². The van der Waals surface area contributed by atoms with Crippen LogP contribution in [0.15, 0.2) is 10.3 Å². The third-order valence-electron chi connectivity index (χ3n) is 0.937. The van der Waals surface area contributed by atoms with Gasteiger partial charge in [0.25, 0.3) is 0 Å². The van der Waals surface area contributed by atoms with Crippen molar-refractivity contribution in [3.8, 4) is 0 Å². The summed E-state index contributed by atoms with van der Waals surface area (Å²) in [5.74, 6) is 0. The molecule has 0 saturated heterocycles. The molecule has 0 fully saturated rings. The summed E-state index contributed by atoms with van der Waals surface area (Å²) < 4.78 is 0. The lowest BCUT2D eigenvalue weighted by atomic mass is 10.8. The molecule has 0 bridgehead atoms. The Morgan fingerprint density at radius 2 is 1.89 bits per heavy atom. The van der Waals surface area contributed by atoms with Gasteiger partial charge in [0.2, 0.25) is 0 Å². The fourth-order valence-corrected chi connectivity index (χ4v) is 0.529. The second-order valence-electron chi connectivity index (χ2n) is 1.83. The molecule has 0 amide bonds. The molecule has 0 aliphatic rings. The van der Waals surface area contributed by atoms with Crippen LogP contribution < -0.4 is 0 Å². The van der Waals surface area contributed by atoms with Crippen molar-refractivity contribution in [1.29, 1.82) is 0 Å². The Labute approximate surface area is 56.1 Å². The quantitative estimate of drug-likeness (QED) is 0.417. The zero-order valence-electron chi connectivity index (χ0n) is 6.50. The van der Waals surface area contributed by atoms with Gasteiger partial charge in [0.1, 0.15) is 0 Å². The lowest BCUT2D eigenvalue weighted by molar-refractivity contribution is 0.0241. The van der Waals surface area contributed by atoms with Gasteiger partial charge in [0, 0.05) is 14.1 Å². The van der Waals surface area contributed by atoms with Crippen molar-refractivity contribution in [3.05, 3.63) is 0 Å². The second kappa shape index (κ2) is 4.26. The van der Waals surface area contributed by atoms with Gasteiger partial charge in [-0.2, -0.15) is 5.11 Å². The highest BCUT2D eigenvalue weighted by Gasteiger charge is 1.96. The highest BCUT2D eigenvalue weighted by Crippen LogP contribution is 1.90. The van der Waals surface area contributed by atoms with Crippen molar-refractivity contribution in [2.24, 2.45) is 10.3 Å². The third-order valence-corrected chi connectivity index (χ3v) is 0.937. The van der Waals surface area contributed by atoms with Crippen LogP contribution in [0.2, 0.25) is 0 Å². The maximum absolute atomic E-state index is 3.83. The van der Waals surface area contributed by atoms with Crippen molar-refractivity contribution in [3.63, 3.8) is 0 Å². The zero-order valence-corrected chi connectivity index (χ0v) is 6.50. The van der Waals surface area contributed by atoms with Gasteiger partial charge in [-0.15, -0.1) is 0 Å². The highest BCUT2D eigenvalue weighted by atomic mass is 15.8. The van der Waals surface area contributed by atoms with Crippen LogP contribution in [-0.2, 0) is 0 Å². The van der Waals surface area contributed by atoms with Crippen LogP contribution in [0.25, 0.3) is 0 Å². The van der Waals surface area contributed by atoms with Crippen molar-refractivity contribution in [2.45, 2.75) is 6.92 Å². The van der Waals surface area contributed by atoms with Gasteiger partial charge in [0.15, 0.2) is 0 Å². The molecule has 0 aliphatic heterocycles. The van der Waals surface area contributed by atoms with E-state index in [4.69, 9.17) is 0 Å². The molecule has 0 unspecified atom stereocenters. The molecule has 0 rings (SSSR count). The van der Waals surface area contributed by atoms with E-state index in [-0.39, 0.29) is 0 Å². The topological polar surface area (TPSA) is 31.2 Å². The first-order chi connectivity index (χ1) is 4.22. The zero-order chi connectivity index (χ0) is 7.28. The number of hydrogen-bond acceptors (Lipinski definition) is 3. The van der Waals surface area contributed by atoms with Crippen molar-refractivity contribution in [2.75, 3.05) is 27.7 Å². The molecule has 0 atom stereocenters. The summed E-state index contributed by atoms with van der Waals surface area (Å²) in [5, 5.41) is 11.1. The second-order valence-corrected chi connectivity index (χ2v) is 1.83. The average molecular weight is 130 g/mol. The van der Waals surface area contributed by atoms with Gasteiger partial charge >= 0.3 is 0 Å². The fourth-order valence-electron chi connectivity index (χ4n) is 0.529. The molecular formula is C5H14N4. The van der Waals surface area contributed by atoms with Gasteiger partial charge in [-0.05, 0) is 6.92 Å². The van der Waals surface area contributed by atoms with E-state index in [0.29, 0.717) is 0 Å². The predicted octanol–water partition coefficient (Wildman–Crippen LogP) is 0.782. The Morgan fingerprint density at radius 3 is 2.00 bits per heavy atom. The Kier molecular flexibility index (Phi) is 3.96. The van der Waals surface area contributed by atoms with E-state index in [2.05, 4.69) is 10.3 Å². The molecule has 0 radical (unpaired) electrons. The summed E-state index contributed by atoms with van der Waals surface area (Å²) in [7, 11) is 5.52. The fraction of sp³-hybridized carbons (Fsp3) is 1.00. The van der Waals surface area contributed by atoms with E-state index in [1.807, 2.05) is 26.0 Å². The normalized spacial score (nSPS) is 11.2. The summed E-state index contributed by atoms with van der Waals surface area (Å²) in [4.78, 5) is 0. The molecule has 0 aromatic carbocycles. The van der Waals surface area contributed by atoms with E-state index >= 15 is 0 Å². The Morgan fingerprint density at radius 1 is 1.33 bits per heavy atom. The van der Waals surface area contributed by atoms with Gasteiger partial charge in [-0.25, -0.2) is 10.1 Å². The van der Waals surface area contributed by atoms with Crippen molar-refractivity contribution >= 4 is 0 Å². The standard InChI is InChI=1S/C5H14N4/c1-5-9(7-6-2)8(3)4/h5H2,1-4H3/b7-6-. The average Bonchev–Trinajstić information content (AvgIpc) is 1.82. The molecule has 0 aromatic heterocycles. The number of rotatable bonds is 3. The number of hydrazine groups is 1. The summed E-state index contributed by atoms with van der Waals surface area (Å²) in [6.07, 6.45) is 0. The highest BCUT2D eigenvalue weighted by molar-refractivity contribution is 4.33. The molecule has 0 saturated carbocycles. The van der Waals surface area contributed by atoms with Crippen LogP contribution >= 0.6 is 0 Å².